The fourth-order valence-corrected chi connectivity index (χ4v) is 1.08. The van der Waals surface area contributed by atoms with Crippen LogP contribution < -0.4 is 0 Å². The molecule has 1 saturated heterocycles. The molecule has 0 amide bonds. The average Bonchev–Trinajstić information content (AvgIpc) is 2.63. The summed E-state index contributed by atoms with van der Waals surface area (Å²) in [7, 11) is 0. The SMILES string of the molecule is O=C1OCC(C#Cc2ccccc2)O1. The second kappa shape index (κ2) is 3.84. The molecular formula is C11H8O3. The van der Waals surface area contributed by atoms with Crippen molar-refractivity contribution in [1.29, 1.82) is 0 Å². The molecule has 0 bridgehead atoms. The molecule has 3 heteroatoms. The van der Waals surface area contributed by atoms with Gasteiger partial charge in [0.2, 0.25) is 0 Å². The molecule has 0 N–H and O–H groups in total. The lowest BCUT2D eigenvalue weighted by Crippen LogP contribution is -2.05. The van der Waals surface area contributed by atoms with Crippen molar-refractivity contribution >= 4 is 6.16 Å². The van der Waals surface area contributed by atoms with Crippen LogP contribution in [-0.4, -0.2) is 18.9 Å². The minimum atomic E-state index is -0.641. The van der Waals surface area contributed by atoms with Crippen molar-refractivity contribution < 1.29 is 14.3 Å². The number of benzene rings is 1. The minimum absolute atomic E-state index is 0.221. The van der Waals surface area contributed by atoms with Gasteiger partial charge >= 0.3 is 6.16 Å². The molecule has 1 heterocycles. The number of carbonyl (C=O) groups is 1. The van der Waals surface area contributed by atoms with Crippen LogP contribution in [-0.2, 0) is 9.47 Å². The Morgan fingerprint density at radius 1 is 1.29 bits per heavy atom. The Morgan fingerprint density at radius 3 is 2.71 bits per heavy atom. The van der Waals surface area contributed by atoms with E-state index in [0.717, 1.165) is 5.56 Å². The van der Waals surface area contributed by atoms with E-state index in [-0.39, 0.29) is 6.61 Å². The van der Waals surface area contributed by atoms with Gasteiger partial charge in [0.1, 0.15) is 6.61 Å². The van der Waals surface area contributed by atoms with E-state index in [4.69, 9.17) is 4.74 Å². The topological polar surface area (TPSA) is 35.5 Å². The van der Waals surface area contributed by atoms with Crippen LogP contribution in [0.15, 0.2) is 30.3 Å². The minimum Gasteiger partial charge on any atom is -0.429 e. The Hall–Kier alpha value is -1.95. The smallest absolute Gasteiger partial charge is 0.429 e. The number of ether oxygens (including phenoxy) is 2. The third kappa shape index (κ3) is 2.05. The Labute approximate surface area is 81.6 Å². The quantitative estimate of drug-likeness (QED) is 0.458. The lowest BCUT2D eigenvalue weighted by Gasteiger charge is -1.93. The molecule has 1 aliphatic heterocycles. The third-order valence-corrected chi connectivity index (χ3v) is 1.74. The molecule has 2 rings (SSSR count). The van der Waals surface area contributed by atoms with Gasteiger partial charge in [0.25, 0.3) is 0 Å². The number of hydrogen-bond donors (Lipinski definition) is 0. The maximum absolute atomic E-state index is 10.6. The van der Waals surface area contributed by atoms with E-state index < -0.39 is 12.3 Å². The van der Waals surface area contributed by atoms with E-state index in [1.54, 1.807) is 0 Å². The van der Waals surface area contributed by atoms with E-state index in [1.165, 1.54) is 0 Å². The zero-order valence-corrected chi connectivity index (χ0v) is 7.40. The summed E-state index contributed by atoms with van der Waals surface area (Å²) in [6, 6.07) is 9.52. The summed E-state index contributed by atoms with van der Waals surface area (Å²) >= 11 is 0. The average molecular weight is 188 g/mol. The monoisotopic (exact) mass is 188 g/mol. The molecule has 0 spiro atoms. The highest BCUT2D eigenvalue weighted by atomic mass is 16.8. The van der Waals surface area contributed by atoms with Crippen molar-refractivity contribution in [3.8, 4) is 11.8 Å². The highest BCUT2D eigenvalue weighted by molar-refractivity contribution is 5.62. The molecule has 0 saturated carbocycles. The first-order valence-corrected chi connectivity index (χ1v) is 4.24. The second-order valence-corrected chi connectivity index (χ2v) is 2.80. The fraction of sp³-hybridized carbons (Fsp3) is 0.182. The summed E-state index contributed by atoms with van der Waals surface area (Å²) in [5.41, 5.74) is 0.899. The van der Waals surface area contributed by atoms with Gasteiger partial charge in [0.15, 0.2) is 6.10 Å². The van der Waals surface area contributed by atoms with Gasteiger partial charge < -0.3 is 9.47 Å². The van der Waals surface area contributed by atoms with Gasteiger partial charge in [-0.3, -0.25) is 0 Å². The molecule has 1 unspecified atom stereocenters. The van der Waals surface area contributed by atoms with Crippen LogP contribution in [0.1, 0.15) is 5.56 Å². The van der Waals surface area contributed by atoms with Crippen molar-refractivity contribution in [2.45, 2.75) is 6.10 Å². The lowest BCUT2D eigenvalue weighted by atomic mass is 10.2. The molecule has 1 aliphatic rings. The van der Waals surface area contributed by atoms with E-state index in [9.17, 15) is 4.79 Å². The van der Waals surface area contributed by atoms with Gasteiger partial charge in [-0.15, -0.1) is 0 Å². The summed E-state index contributed by atoms with van der Waals surface area (Å²) in [5, 5.41) is 0. The molecule has 1 aromatic carbocycles. The van der Waals surface area contributed by atoms with Crippen LogP contribution in [0, 0.1) is 11.8 Å². The maximum Gasteiger partial charge on any atom is 0.509 e. The van der Waals surface area contributed by atoms with E-state index >= 15 is 0 Å². The van der Waals surface area contributed by atoms with Crippen LogP contribution >= 0.6 is 0 Å². The predicted octanol–water partition coefficient (Wildman–Crippen LogP) is 1.57. The summed E-state index contributed by atoms with van der Waals surface area (Å²) in [4.78, 5) is 10.6. The van der Waals surface area contributed by atoms with Crippen molar-refractivity contribution in [2.75, 3.05) is 6.61 Å². The Kier molecular flexibility index (Phi) is 2.37. The summed E-state index contributed by atoms with van der Waals surface area (Å²) < 4.78 is 9.34. The molecule has 1 fully saturated rings. The zero-order chi connectivity index (χ0) is 9.80. The van der Waals surface area contributed by atoms with Gasteiger partial charge in [0, 0.05) is 5.56 Å². The Morgan fingerprint density at radius 2 is 2.07 bits per heavy atom. The van der Waals surface area contributed by atoms with Crippen molar-refractivity contribution in [2.24, 2.45) is 0 Å². The van der Waals surface area contributed by atoms with Gasteiger partial charge in [0.05, 0.1) is 0 Å². The number of rotatable bonds is 0. The summed E-state index contributed by atoms with van der Waals surface area (Å²) in [5.74, 6) is 5.71. The number of hydrogen-bond acceptors (Lipinski definition) is 3. The zero-order valence-electron chi connectivity index (χ0n) is 7.40. The van der Waals surface area contributed by atoms with Crippen molar-refractivity contribution in [3.63, 3.8) is 0 Å². The lowest BCUT2D eigenvalue weighted by molar-refractivity contribution is 0.126. The van der Waals surface area contributed by atoms with Crippen LogP contribution in [0.25, 0.3) is 0 Å². The predicted molar refractivity (Wildman–Crippen MR) is 49.5 cm³/mol. The first-order valence-electron chi connectivity index (χ1n) is 4.24. The second-order valence-electron chi connectivity index (χ2n) is 2.80. The normalized spacial score (nSPS) is 19.1. The molecule has 0 radical (unpaired) electrons. The number of carbonyl (C=O) groups excluding carboxylic acids is 1. The van der Waals surface area contributed by atoms with Crippen LogP contribution in [0.3, 0.4) is 0 Å². The Balaban J connectivity index is 2.04. The van der Waals surface area contributed by atoms with Gasteiger partial charge in [-0.2, -0.15) is 0 Å². The standard InChI is InChI=1S/C11H8O3/c12-11-13-8-10(14-11)7-6-9-4-2-1-3-5-9/h1-5,10H,8H2. The van der Waals surface area contributed by atoms with Crippen molar-refractivity contribution in [3.05, 3.63) is 35.9 Å². The summed E-state index contributed by atoms with van der Waals surface area (Å²) in [6.45, 7) is 0.221. The molecule has 3 nitrogen and oxygen atoms in total. The molecular weight excluding hydrogens is 180 g/mol. The molecule has 14 heavy (non-hydrogen) atoms. The highest BCUT2D eigenvalue weighted by Crippen LogP contribution is 2.05. The third-order valence-electron chi connectivity index (χ3n) is 1.74. The van der Waals surface area contributed by atoms with Crippen LogP contribution in [0.2, 0.25) is 0 Å². The van der Waals surface area contributed by atoms with Crippen LogP contribution in [0.4, 0.5) is 4.79 Å². The fourth-order valence-electron chi connectivity index (χ4n) is 1.08. The molecule has 0 aromatic heterocycles. The first kappa shape index (κ1) is 8.64. The van der Waals surface area contributed by atoms with E-state index in [0.29, 0.717) is 0 Å². The van der Waals surface area contributed by atoms with E-state index in [2.05, 4.69) is 16.6 Å². The maximum atomic E-state index is 10.6. The van der Waals surface area contributed by atoms with Gasteiger partial charge in [-0.05, 0) is 18.1 Å². The van der Waals surface area contributed by atoms with Crippen molar-refractivity contribution in [1.82, 2.24) is 0 Å². The summed E-state index contributed by atoms with van der Waals surface area (Å²) in [6.07, 6.45) is -1.07. The van der Waals surface area contributed by atoms with Gasteiger partial charge in [-0.25, -0.2) is 4.79 Å². The molecule has 1 aromatic rings. The molecule has 1 atom stereocenters. The Bertz CT molecular complexity index is 386. The van der Waals surface area contributed by atoms with Crippen LogP contribution in [0.5, 0.6) is 0 Å². The van der Waals surface area contributed by atoms with Gasteiger partial charge in [-0.1, -0.05) is 24.1 Å². The number of cyclic esters (lactones) is 2. The van der Waals surface area contributed by atoms with E-state index in [1.807, 2.05) is 30.3 Å². The first-order chi connectivity index (χ1) is 6.84. The molecule has 0 aliphatic carbocycles. The largest absolute Gasteiger partial charge is 0.509 e. The highest BCUT2D eigenvalue weighted by Gasteiger charge is 2.22. The molecule has 70 valence electrons.